The maximum atomic E-state index is 13.3. The second kappa shape index (κ2) is 4.23. The van der Waals surface area contributed by atoms with Gasteiger partial charge >= 0.3 is 0 Å². The van der Waals surface area contributed by atoms with E-state index in [1.54, 1.807) is 7.05 Å². The minimum atomic E-state index is -0.314. The van der Waals surface area contributed by atoms with Gasteiger partial charge in [0.2, 0.25) is 5.95 Å². The number of likely N-dealkylation sites (tertiary alicyclic amines) is 1. The van der Waals surface area contributed by atoms with Crippen molar-refractivity contribution in [2.75, 3.05) is 25.5 Å². The van der Waals surface area contributed by atoms with Gasteiger partial charge in [0, 0.05) is 13.6 Å². The lowest BCUT2D eigenvalue weighted by Crippen LogP contribution is -2.18. The first-order valence-corrected chi connectivity index (χ1v) is 5.66. The molecule has 0 saturated carbocycles. The van der Waals surface area contributed by atoms with Crippen LogP contribution in [0.3, 0.4) is 0 Å². The molecule has 0 bridgehead atoms. The third kappa shape index (κ3) is 2.04. The summed E-state index contributed by atoms with van der Waals surface area (Å²) >= 11 is 1.41. The molecule has 1 aliphatic heterocycles. The van der Waals surface area contributed by atoms with Gasteiger partial charge in [-0.2, -0.15) is 9.37 Å². The summed E-state index contributed by atoms with van der Waals surface area (Å²) < 4.78 is 13.3. The normalized spacial score (nSPS) is 17.6. The Balaban J connectivity index is 2.03. The molecule has 0 unspecified atom stereocenters. The van der Waals surface area contributed by atoms with Crippen molar-refractivity contribution in [1.29, 1.82) is 0 Å². The number of halogens is 1. The Bertz CT molecular complexity index is 307. The van der Waals surface area contributed by atoms with Gasteiger partial charge in [0.1, 0.15) is 0 Å². The first-order valence-electron chi connectivity index (χ1n) is 4.85. The number of hydrogen-bond donors (Lipinski definition) is 1. The molecule has 0 spiro atoms. The number of anilines is 1. The van der Waals surface area contributed by atoms with E-state index < -0.39 is 0 Å². The van der Waals surface area contributed by atoms with Crippen LogP contribution in [0.4, 0.5) is 9.52 Å². The van der Waals surface area contributed by atoms with Crippen molar-refractivity contribution < 1.29 is 4.39 Å². The molecule has 0 amide bonds. The van der Waals surface area contributed by atoms with Gasteiger partial charge in [-0.1, -0.05) is 11.3 Å². The van der Waals surface area contributed by atoms with Gasteiger partial charge in [-0.3, -0.25) is 4.90 Å². The molecule has 3 nitrogen and oxygen atoms in total. The number of nitrogens with zero attached hydrogens (tertiary/aromatic N) is 2. The second-order valence-electron chi connectivity index (χ2n) is 3.47. The van der Waals surface area contributed by atoms with E-state index in [9.17, 15) is 4.39 Å². The van der Waals surface area contributed by atoms with Crippen LogP contribution in [-0.4, -0.2) is 30.0 Å². The van der Waals surface area contributed by atoms with Gasteiger partial charge in [0.15, 0.2) is 5.13 Å². The Hall–Kier alpha value is -0.680. The van der Waals surface area contributed by atoms with Crippen molar-refractivity contribution in [2.24, 2.45) is 0 Å². The zero-order valence-corrected chi connectivity index (χ0v) is 9.03. The summed E-state index contributed by atoms with van der Waals surface area (Å²) in [4.78, 5) is 6.81. The summed E-state index contributed by atoms with van der Waals surface area (Å²) in [6.07, 6.45) is 2.47. The van der Waals surface area contributed by atoms with Crippen LogP contribution in [0.25, 0.3) is 0 Å². The van der Waals surface area contributed by atoms with Crippen molar-refractivity contribution in [3.8, 4) is 0 Å². The second-order valence-corrected chi connectivity index (χ2v) is 4.55. The Morgan fingerprint density at radius 3 is 2.79 bits per heavy atom. The molecule has 1 aliphatic rings. The number of hydrogen-bond acceptors (Lipinski definition) is 4. The largest absolute Gasteiger partial charge is 0.365 e. The number of rotatable bonds is 3. The highest BCUT2D eigenvalue weighted by Crippen LogP contribution is 2.24. The highest BCUT2D eigenvalue weighted by molar-refractivity contribution is 7.15. The van der Waals surface area contributed by atoms with Crippen LogP contribution in [0, 0.1) is 5.95 Å². The van der Waals surface area contributed by atoms with E-state index in [1.807, 2.05) is 0 Å². The molecule has 1 N–H and O–H groups in total. The highest BCUT2D eigenvalue weighted by atomic mass is 32.1. The van der Waals surface area contributed by atoms with Crippen molar-refractivity contribution in [3.05, 3.63) is 10.8 Å². The topological polar surface area (TPSA) is 28.2 Å². The lowest BCUT2D eigenvalue weighted by atomic mass is 10.4. The fraction of sp³-hybridized carbons (Fsp3) is 0.667. The van der Waals surface area contributed by atoms with Gasteiger partial charge in [0.25, 0.3) is 0 Å². The first-order chi connectivity index (χ1) is 6.79. The Morgan fingerprint density at radius 1 is 1.50 bits per heavy atom. The van der Waals surface area contributed by atoms with Crippen LogP contribution in [0.2, 0.25) is 0 Å². The first kappa shape index (κ1) is 9.86. The minimum absolute atomic E-state index is 0.314. The van der Waals surface area contributed by atoms with Gasteiger partial charge in [-0.05, 0) is 25.9 Å². The lowest BCUT2D eigenvalue weighted by molar-refractivity contribution is 0.328. The molecule has 2 rings (SSSR count). The summed E-state index contributed by atoms with van der Waals surface area (Å²) in [5, 5.41) is 3.53. The monoisotopic (exact) mass is 215 g/mol. The van der Waals surface area contributed by atoms with Crippen LogP contribution in [0.15, 0.2) is 0 Å². The lowest BCUT2D eigenvalue weighted by Gasteiger charge is -2.11. The molecule has 0 aromatic carbocycles. The third-order valence-corrected chi connectivity index (χ3v) is 3.46. The van der Waals surface area contributed by atoms with Crippen LogP contribution in [0.1, 0.15) is 17.7 Å². The van der Waals surface area contributed by atoms with Gasteiger partial charge in [-0.25, -0.2) is 0 Å². The molecule has 1 aromatic rings. The molecule has 1 saturated heterocycles. The van der Waals surface area contributed by atoms with Gasteiger partial charge in [-0.15, -0.1) is 0 Å². The van der Waals surface area contributed by atoms with Crippen molar-refractivity contribution in [2.45, 2.75) is 19.4 Å². The molecule has 0 atom stereocenters. The molecule has 5 heteroatoms. The number of thiazole rings is 1. The molecule has 2 heterocycles. The SMILES string of the molecule is CNc1nc(F)c(CN2CCCC2)s1. The van der Waals surface area contributed by atoms with E-state index in [0.717, 1.165) is 18.0 Å². The number of nitrogens with one attached hydrogen (secondary N) is 1. The summed E-state index contributed by atoms with van der Waals surface area (Å²) in [6, 6.07) is 0. The number of aromatic nitrogens is 1. The summed E-state index contributed by atoms with van der Waals surface area (Å²) in [5.74, 6) is -0.314. The summed E-state index contributed by atoms with van der Waals surface area (Å²) in [6.45, 7) is 2.89. The summed E-state index contributed by atoms with van der Waals surface area (Å²) in [7, 11) is 1.76. The van der Waals surface area contributed by atoms with E-state index in [0.29, 0.717) is 11.7 Å². The predicted octanol–water partition coefficient (Wildman–Crippen LogP) is 1.92. The standard InChI is InChI=1S/C9H14FN3S/c1-11-9-12-8(10)7(14-9)6-13-4-2-3-5-13/h2-6H2,1H3,(H,11,12). The third-order valence-electron chi connectivity index (χ3n) is 2.43. The van der Waals surface area contributed by atoms with Crippen LogP contribution in [0.5, 0.6) is 0 Å². The quantitative estimate of drug-likeness (QED) is 0.835. The Labute approximate surface area is 87.0 Å². The highest BCUT2D eigenvalue weighted by Gasteiger charge is 2.16. The van der Waals surface area contributed by atoms with E-state index in [-0.39, 0.29) is 5.95 Å². The molecule has 1 fully saturated rings. The van der Waals surface area contributed by atoms with E-state index in [1.165, 1.54) is 24.2 Å². The zero-order chi connectivity index (χ0) is 9.97. The van der Waals surface area contributed by atoms with E-state index in [2.05, 4.69) is 15.2 Å². The maximum Gasteiger partial charge on any atom is 0.230 e. The molecule has 78 valence electrons. The molecule has 0 radical (unpaired) electrons. The van der Waals surface area contributed by atoms with Crippen LogP contribution in [-0.2, 0) is 6.54 Å². The predicted molar refractivity (Wildman–Crippen MR) is 56.1 cm³/mol. The fourth-order valence-electron chi connectivity index (χ4n) is 1.68. The van der Waals surface area contributed by atoms with E-state index in [4.69, 9.17) is 0 Å². The molecule has 1 aromatic heterocycles. The Kier molecular flexibility index (Phi) is 2.98. The molecular weight excluding hydrogens is 201 g/mol. The van der Waals surface area contributed by atoms with Gasteiger partial charge in [0.05, 0.1) is 4.88 Å². The van der Waals surface area contributed by atoms with Gasteiger partial charge < -0.3 is 5.32 Å². The molecule has 14 heavy (non-hydrogen) atoms. The zero-order valence-electron chi connectivity index (χ0n) is 8.22. The minimum Gasteiger partial charge on any atom is -0.365 e. The fourth-order valence-corrected chi connectivity index (χ4v) is 2.52. The summed E-state index contributed by atoms with van der Waals surface area (Å²) in [5.41, 5.74) is 0. The van der Waals surface area contributed by atoms with Crippen LogP contribution >= 0.6 is 11.3 Å². The van der Waals surface area contributed by atoms with Crippen molar-refractivity contribution in [1.82, 2.24) is 9.88 Å². The maximum absolute atomic E-state index is 13.3. The average molecular weight is 215 g/mol. The molecule has 0 aliphatic carbocycles. The van der Waals surface area contributed by atoms with Crippen molar-refractivity contribution in [3.63, 3.8) is 0 Å². The molecular formula is C9H14FN3S. The van der Waals surface area contributed by atoms with E-state index >= 15 is 0 Å². The smallest absolute Gasteiger partial charge is 0.230 e. The van der Waals surface area contributed by atoms with Crippen molar-refractivity contribution >= 4 is 16.5 Å². The van der Waals surface area contributed by atoms with Crippen LogP contribution < -0.4 is 5.32 Å². The Morgan fingerprint density at radius 2 is 2.21 bits per heavy atom. The average Bonchev–Trinajstić information content (AvgIpc) is 2.78.